The minimum absolute atomic E-state index is 0.728. The molecule has 1 aromatic heterocycles. The summed E-state index contributed by atoms with van der Waals surface area (Å²) >= 11 is 0. The van der Waals surface area contributed by atoms with Crippen molar-refractivity contribution in [2.75, 3.05) is 13.1 Å². The Morgan fingerprint density at radius 1 is 0.950 bits per heavy atom. The fourth-order valence-corrected chi connectivity index (χ4v) is 2.82. The number of carbonyl (C=O) groups excluding carboxylic acids is 1. The topological polar surface area (TPSA) is 25.2 Å². The normalized spacial score (nSPS) is 15.6. The van der Waals surface area contributed by atoms with Gasteiger partial charge in [-0.2, -0.15) is 0 Å². The molecule has 3 heteroatoms. The summed E-state index contributed by atoms with van der Waals surface area (Å²) in [7, 11) is 0. The number of rotatable bonds is 5. The Bertz CT molecular complexity index is 565. The molecule has 1 aliphatic rings. The first kappa shape index (κ1) is 13.1. The number of nitrogens with zero attached hydrogens (tertiary/aromatic N) is 2. The summed E-state index contributed by atoms with van der Waals surface area (Å²) in [5, 5.41) is 0. The zero-order chi connectivity index (χ0) is 13.8. The molecule has 0 N–H and O–H groups in total. The molecule has 1 aromatic carbocycles. The number of hydrogen-bond donors (Lipinski definition) is 0. The Balaban J connectivity index is 1.65. The van der Waals surface area contributed by atoms with Crippen molar-refractivity contribution in [1.29, 1.82) is 0 Å². The van der Waals surface area contributed by atoms with E-state index in [1.807, 2.05) is 22.9 Å². The molecule has 2 heterocycles. The van der Waals surface area contributed by atoms with Gasteiger partial charge in [0.25, 0.3) is 0 Å². The lowest BCUT2D eigenvalue weighted by Crippen LogP contribution is -2.18. The fourth-order valence-electron chi connectivity index (χ4n) is 2.82. The summed E-state index contributed by atoms with van der Waals surface area (Å²) in [5.41, 5.74) is 3.33. The van der Waals surface area contributed by atoms with Crippen LogP contribution in [-0.4, -0.2) is 28.8 Å². The van der Waals surface area contributed by atoms with Crippen molar-refractivity contribution in [3.05, 3.63) is 59.4 Å². The summed E-state index contributed by atoms with van der Waals surface area (Å²) in [6, 6.07) is 12.5. The van der Waals surface area contributed by atoms with Crippen LogP contribution < -0.4 is 0 Å². The number of hydrogen-bond acceptors (Lipinski definition) is 2. The van der Waals surface area contributed by atoms with Gasteiger partial charge in [-0.3, -0.25) is 9.69 Å². The van der Waals surface area contributed by atoms with E-state index < -0.39 is 0 Å². The third-order valence-electron chi connectivity index (χ3n) is 3.97. The highest BCUT2D eigenvalue weighted by molar-refractivity contribution is 5.72. The van der Waals surface area contributed by atoms with Crippen LogP contribution in [-0.2, 0) is 13.1 Å². The maximum atomic E-state index is 10.9. The van der Waals surface area contributed by atoms with E-state index in [1.165, 1.54) is 37.1 Å². The molecular weight excluding hydrogens is 248 g/mol. The van der Waals surface area contributed by atoms with E-state index in [9.17, 15) is 4.79 Å². The molecule has 0 saturated carbocycles. The third kappa shape index (κ3) is 2.99. The molecule has 0 unspecified atom stereocenters. The molecule has 1 saturated heterocycles. The van der Waals surface area contributed by atoms with Crippen LogP contribution in [0.25, 0.3) is 0 Å². The standard InChI is InChI=1S/C17H20N2O/c20-14-17-4-3-11-19(17)13-16-7-5-15(6-8-16)12-18-9-1-2-10-18/h3-8,11,14H,1-2,9-10,12-13H2. The van der Waals surface area contributed by atoms with Crippen LogP contribution >= 0.6 is 0 Å². The van der Waals surface area contributed by atoms with Crippen molar-refractivity contribution < 1.29 is 4.79 Å². The largest absolute Gasteiger partial charge is 0.341 e. The van der Waals surface area contributed by atoms with Gasteiger partial charge < -0.3 is 4.57 Å². The minimum Gasteiger partial charge on any atom is -0.341 e. The molecule has 0 spiro atoms. The monoisotopic (exact) mass is 268 g/mol. The summed E-state index contributed by atoms with van der Waals surface area (Å²) in [6.07, 6.45) is 5.52. The smallest absolute Gasteiger partial charge is 0.166 e. The van der Waals surface area contributed by atoms with Crippen LogP contribution in [0.15, 0.2) is 42.6 Å². The van der Waals surface area contributed by atoms with Crippen LogP contribution in [0.1, 0.15) is 34.5 Å². The maximum absolute atomic E-state index is 10.9. The average molecular weight is 268 g/mol. The van der Waals surface area contributed by atoms with E-state index in [0.29, 0.717) is 0 Å². The first-order valence-corrected chi connectivity index (χ1v) is 7.25. The van der Waals surface area contributed by atoms with Gasteiger partial charge in [-0.15, -0.1) is 0 Å². The van der Waals surface area contributed by atoms with Crippen molar-refractivity contribution in [2.45, 2.75) is 25.9 Å². The molecular formula is C17H20N2O. The van der Waals surface area contributed by atoms with Crippen LogP contribution in [0, 0.1) is 0 Å². The summed E-state index contributed by atoms with van der Waals surface area (Å²) in [6.45, 7) is 4.27. The predicted molar refractivity (Wildman–Crippen MR) is 79.9 cm³/mol. The molecule has 2 aromatic rings. The quantitative estimate of drug-likeness (QED) is 0.779. The van der Waals surface area contributed by atoms with E-state index in [1.54, 1.807) is 0 Å². The fraction of sp³-hybridized carbons (Fsp3) is 0.353. The van der Waals surface area contributed by atoms with E-state index in [-0.39, 0.29) is 0 Å². The Kier molecular flexibility index (Phi) is 3.97. The summed E-state index contributed by atoms with van der Waals surface area (Å²) in [4.78, 5) is 13.4. The molecule has 3 nitrogen and oxygen atoms in total. The maximum Gasteiger partial charge on any atom is 0.166 e. The van der Waals surface area contributed by atoms with E-state index in [2.05, 4.69) is 29.2 Å². The van der Waals surface area contributed by atoms with Gasteiger partial charge in [0.2, 0.25) is 0 Å². The number of aromatic nitrogens is 1. The highest BCUT2D eigenvalue weighted by atomic mass is 16.1. The average Bonchev–Trinajstić information content (AvgIpc) is 3.12. The van der Waals surface area contributed by atoms with E-state index in [0.717, 1.165) is 25.1 Å². The van der Waals surface area contributed by atoms with Gasteiger partial charge in [0, 0.05) is 19.3 Å². The van der Waals surface area contributed by atoms with Crippen LogP contribution in [0.2, 0.25) is 0 Å². The van der Waals surface area contributed by atoms with Crippen LogP contribution in [0.5, 0.6) is 0 Å². The Hall–Kier alpha value is -1.87. The van der Waals surface area contributed by atoms with Crippen molar-refractivity contribution in [2.24, 2.45) is 0 Å². The van der Waals surface area contributed by atoms with Gasteiger partial charge in [-0.05, 0) is 49.2 Å². The number of carbonyl (C=O) groups is 1. The van der Waals surface area contributed by atoms with Crippen molar-refractivity contribution in [3.8, 4) is 0 Å². The highest BCUT2D eigenvalue weighted by Crippen LogP contribution is 2.14. The SMILES string of the molecule is O=Cc1cccn1Cc1ccc(CN2CCCC2)cc1. The lowest BCUT2D eigenvalue weighted by atomic mass is 10.1. The van der Waals surface area contributed by atoms with Crippen LogP contribution in [0.3, 0.4) is 0 Å². The first-order valence-electron chi connectivity index (χ1n) is 7.25. The lowest BCUT2D eigenvalue weighted by molar-refractivity contribution is 0.111. The van der Waals surface area contributed by atoms with E-state index in [4.69, 9.17) is 0 Å². The van der Waals surface area contributed by atoms with Gasteiger partial charge in [-0.1, -0.05) is 24.3 Å². The van der Waals surface area contributed by atoms with Crippen LogP contribution in [0.4, 0.5) is 0 Å². The van der Waals surface area contributed by atoms with Crippen molar-refractivity contribution >= 4 is 6.29 Å². The molecule has 1 fully saturated rings. The van der Waals surface area contributed by atoms with Gasteiger partial charge in [-0.25, -0.2) is 0 Å². The first-order chi connectivity index (χ1) is 9.85. The lowest BCUT2D eigenvalue weighted by Gasteiger charge is -2.14. The van der Waals surface area contributed by atoms with Gasteiger partial charge in [0.05, 0.1) is 5.69 Å². The summed E-state index contributed by atoms with van der Waals surface area (Å²) < 4.78 is 1.97. The second-order valence-corrected chi connectivity index (χ2v) is 5.48. The Morgan fingerprint density at radius 2 is 1.60 bits per heavy atom. The molecule has 1 aliphatic heterocycles. The van der Waals surface area contributed by atoms with E-state index >= 15 is 0 Å². The Labute approximate surface area is 119 Å². The van der Waals surface area contributed by atoms with Gasteiger partial charge >= 0.3 is 0 Å². The molecule has 0 aliphatic carbocycles. The molecule has 20 heavy (non-hydrogen) atoms. The zero-order valence-corrected chi connectivity index (χ0v) is 11.7. The molecule has 3 rings (SSSR count). The molecule has 0 bridgehead atoms. The zero-order valence-electron chi connectivity index (χ0n) is 11.7. The van der Waals surface area contributed by atoms with Crippen molar-refractivity contribution in [3.63, 3.8) is 0 Å². The second kappa shape index (κ2) is 6.06. The Morgan fingerprint density at radius 3 is 2.25 bits per heavy atom. The number of likely N-dealkylation sites (tertiary alicyclic amines) is 1. The summed E-state index contributed by atoms with van der Waals surface area (Å²) in [5.74, 6) is 0. The van der Waals surface area contributed by atoms with Gasteiger partial charge in [0.15, 0.2) is 6.29 Å². The van der Waals surface area contributed by atoms with Gasteiger partial charge in [0.1, 0.15) is 0 Å². The molecule has 0 radical (unpaired) electrons. The third-order valence-corrected chi connectivity index (χ3v) is 3.97. The molecule has 0 atom stereocenters. The molecule has 104 valence electrons. The number of aldehydes is 1. The number of benzene rings is 1. The predicted octanol–water partition coefficient (Wildman–Crippen LogP) is 2.94. The minimum atomic E-state index is 0.728. The highest BCUT2D eigenvalue weighted by Gasteiger charge is 2.11. The molecule has 0 amide bonds. The van der Waals surface area contributed by atoms with Crippen molar-refractivity contribution in [1.82, 2.24) is 9.47 Å². The second-order valence-electron chi connectivity index (χ2n) is 5.48.